The molecule has 1 heterocycles. The fraction of sp³-hybridized carbons (Fsp3) is 0. The third-order valence-electron chi connectivity index (χ3n) is 14.4. The molecule has 0 aliphatic heterocycles. The number of para-hydroxylation sites is 2. The van der Waals surface area contributed by atoms with Gasteiger partial charge in [-0.2, -0.15) is 0 Å². The molecule has 14 rings (SSSR count). The monoisotopic (exact) mass is 889 g/mol. The number of benzene rings is 13. The van der Waals surface area contributed by atoms with Crippen LogP contribution in [0.15, 0.2) is 265 Å². The fourth-order valence-electron chi connectivity index (χ4n) is 11.2. The van der Waals surface area contributed by atoms with Crippen molar-refractivity contribution < 1.29 is 4.42 Å². The summed E-state index contributed by atoms with van der Waals surface area (Å²) in [6, 6.07) is 94.9. The van der Waals surface area contributed by atoms with Gasteiger partial charge in [-0.1, -0.05) is 206 Å². The molecule has 0 radical (unpaired) electrons. The summed E-state index contributed by atoms with van der Waals surface area (Å²) in [5.74, 6) is 0. The van der Waals surface area contributed by atoms with E-state index in [2.05, 4.69) is 266 Å². The van der Waals surface area contributed by atoms with Gasteiger partial charge in [0.25, 0.3) is 0 Å². The number of anilines is 3. The molecule has 0 unspecified atom stereocenters. The van der Waals surface area contributed by atoms with E-state index in [-0.39, 0.29) is 0 Å². The first-order valence-corrected chi connectivity index (χ1v) is 24.1. The van der Waals surface area contributed by atoms with E-state index in [4.69, 9.17) is 4.42 Å². The van der Waals surface area contributed by atoms with E-state index >= 15 is 0 Å². The molecular formula is C68H43NO. The lowest BCUT2D eigenvalue weighted by atomic mass is 9.91. The van der Waals surface area contributed by atoms with E-state index < -0.39 is 0 Å². The van der Waals surface area contributed by atoms with Crippen LogP contribution in [-0.2, 0) is 0 Å². The molecule has 0 aliphatic rings. The maximum absolute atomic E-state index is 7.08. The van der Waals surface area contributed by atoms with Crippen LogP contribution in [0.1, 0.15) is 0 Å². The predicted molar refractivity (Wildman–Crippen MR) is 298 cm³/mol. The Labute approximate surface area is 405 Å². The highest BCUT2D eigenvalue weighted by Crippen LogP contribution is 2.50. The van der Waals surface area contributed by atoms with Crippen molar-refractivity contribution in [2.75, 3.05) is 4.90 Å². The first-order chi connectivity index (χ1) is 34.7. The molecule has 0 aliphatic carbocycles. The molecule has 2 nitrogen and oxygen atoms in total. The van der Waals surface area contributed by atoms with Crippen molar-refractivity contribution in [2.24, 2.45) is 0 Å². The van der Waals surface area contributed by atoms with Crippen LogP contribution in [0.3, 0.4) is 0 Å². The smallest absolute Gasteiger partial charge is 0.145 e. The lowest BCUT2D eigenvalue weighted by molar-refractivity contribution is 0.670. The van der Waals surface area contributed by atoms with E-state index in [9.17, 15) is 0 Å². The van der Waals surface area contributed by atoms with E-state index in [0.717, 1.165) is 66.8 Å². The van der Waals surface area contributed by atoms with Crippen molar-refractivity contribution >= 4 is 92.9 Å². The average molecular weight is 890 g/mol. The first-order valence-electron chi connectivity index (χ1n) is 24.1. The van der Waals surface area contributed by atoms with Crippen molar-refractivity contribution in [3.63, 3.8) is 0 Å². The van der Waals surface area contributed by atoms with Crippen LogP contribution < -0.4 is 4.90 Å². The Bertz CT molecular complexity index is 4320. The van der Waals surface area contributed by atoms with Crippen LogP contribution in [0.25, 0.3) is 120 Å². The van der Waals surface area contributed by atoms with Crippen LogP contribution in [0, 0.1) is 0 Å². The van der Waals surface area contributed by atoms with Gasteiger partial charge >= 0.3 is 0 Å². The molecule has 0 saturated heterocycles. The van der Waals surface area contributed by atoms with Gasteiger partial charge < -0.3 is 9.32 Å². The number of rotatable bonds is 7. The minimum Gasteiger partial charge on any atom is -0.455 e. The highest BCUT2D eigenvalue weighted by Gasteiger charge is 2.25. The Morgan fingerprint density at radius 2 is 0.786 bits per heavy atom. The normalized spacial score (nSPS) is 11.7. The molecule has 2 heteroatoms. The molecule has 0 fully saturated rings. The lowest BCUT2D eigenvalue weighted by Crippen LogP contribution is -2.11. The number of furan rings is 1. The summed E-state index contributed by atoms with van der Waals surface area (Å²) in [6.45, 7) is 0. The second-order valence-corrected chi connectivity index (χ2v) is 18.3. The summed E-state index contributed by atoms with van der Waals surface area (Å²) >= 11 is 0. The molecule has 70 heavy (non-hydrogen) atoms. The van der Waals surface area contributed by atoms with Crippen LogP contribution in [-0.4, -0.2) is 0 Å². The van der Waals surface area contributed by atoms with E-state index in [1.54, 1.807) is 0 Å². The fourth-order valence-corrected chi connectivity index (χ4v) is 11.2. The highest BCUT2D eigenvalue weighted by atomic mass is 16.3. The molecule has 0 saturated carbocycles. The second kappa shape index (κ2) is 16.2. The third kappa shape index (κ3) is 6.42. The van der Waals surface area contributed by atoms with Crippen LogP contribution >= 0.6 is 0 Å². The minimum atomic E-state index is 0.854. The van der Waals surface area contributed by atoms with Crippen molar-refractivity contribution in [2.45, 2.75) is 0 Å². The summed E-state index contributed by atoms with van der Waals surface area (Å²) in [5, 5.41) is 14.6. The molecule has 0 atom stereocenters. The largest absolute Gasteiger partial charge is 0.455 e. The summed E-state index contributed by atoms with van der Waals surface area (Å²) in [6.07, 6.45) is 0. The van der Waals surface area contributed by atoms with Crippen LogP contribution in [0.2, 0.25) is 0 Å². The lowest BCUT2D eigenvalue weighted by Gasteiger charge is -2.29. The second-order valence-electron chi connectivity index (χ2n) is 18.3. The third-order valence-corrected chi connectivity index (χ3v) is 14.4. The Balaban J connectivity index is 0.993. The molecule has 0 spiro atoms. The topological polar surface area (TPSA) is 16.4 Å². The number of hydrogen-bond donors (Lipinski definition) is 0. The van der Waals surface area contributed by atoms with Gasteiger partial charge in [-0.05, 0) is 142 Å². The summed E-state index contributed by atoms with van der Waals surface area (Å²) in [5.41, 5.74) is 14.0. The zero-order valence-electron chi connectivity index (χ0n) is 38.2. The summed E-state index contributed by atoms with van der Waals surface area (Å²) in [7, 11) is 0. The molecule has 0 bridgehead atoms. The van der Waals surface area contributed by atoms with Crippen LogP contribution in [0.4, 0.5) is 17.1 Å². The number of fused-ring (bicyclic) bond motifs is 12. The number of nitrogens with zero attached hydrogens (tertiary/aromatic N) is 1. The molecule has 1 aromatic heterocycles. The van der Waals surface area contributed by atoms with E-state index in [1.165, 1.54) is 70.6 Å². The molecule has 0 amide bonds. The molecular weight excluding hydrogens is 847 g/mol. The Morgan fingerprint density at radius 3 is 1.54 bits per heavy atom. The minimum absolute atomic E-state index is 0.854. The van der Waals surface area contributed by atoms with Gasteiger partial charge in [0.05, 0.1) is 16.8 Å². The molecule has 0 N–H and O–H groups in total. The zero-order valence-corrected chi connectivity index (χ0v) is 38.2. The van der Waals surface area contributed by atoms with Gasteiger partial charge in [-0.15, -0.1) is 0 Å². The Morgan fingerprint density at radius 1 is 0.257 bits per heavy atom. The van der Waals surface area contributed by atoms with Crippen LogP contribution in [0.5, 0.6) is 0 Å². The van der Waals surface area contributed by atoms with Gasteiger partial charge in [0.2, 0.25) is 0 Å². The average Bonchev–Trinajstić information content (AvgIpc) is 3.84. The highest BCUT2D eigenvalue weighted by molar-refractivity contribution is 6.26. The van der Waals surface area contributed by atoms with Gasteiger partial charge in [-0.25, -0.2) is 0 Å². The molecule has 13 aromatic carbocycles. The first kappa shape index (κ1) is 39.9. The maximum Gasteiger partial charge on any atom is 0.145 e. The van der Waals surface area contributed by atoms with Gasteiger partial charge in [-0.3, -0.25) is 0 Å². The van der Waals surface area contributed by atoms with Crippen molar-refractivity contribution in [3.8, 4) is 44.5 Å². The van der Waals surface area contributed by atoms with Gasteiger partial charge in [0.15, 0.2) is 0 Å². The van der Waals surface area contributed by atoms with Gasteiger partial charge in [0, 0.05) is 22.2 Å². The van der Waals surface area contributed by atoms with Crippen molar-refractivity contribution in [1.82, 2.24) is 0 Å². The van der Waals surface area contributed by atoms with Crippen molar-refractivity contribution in [1.29, 1.82) is 0 Å². The van der Waals surface area contributed by atoms with E-state index in [1.807, 2.05) is 0 Å². The zero-order chi connectivity index (χ0) is 46.1. The van der Waals surface area contributed by atoms with Gasteiger partial charge in [0.1, 0.15) is 11.2 Å². The number of hydrogen-bond acceptors (Lipinski definition) is 2. The molecule has 14 aromatic rings. The summed E-state index contributed by atoms with van der Waals surface area (Å²) < 4.78 is 7.08. The quantitative estimate of drug-likeness (QED) is 0.148. The standard InChI is InChI=1S/C68H43NO/c1-2-17-44(18-3-1)46-20-16-21-48(41-46)52-23-12-14-31-64(52)69(50-36-33-45(34-37-50)47-35-38-59-56-27-8-7-25-54(56)55-26-9-11-29-58(55)62(59)42-47)65-40-39-60(68-67(65)61-30-13-15-32-66(61)70-68)63-43-49-19-4-5-22-51(49)53-24-6-10-28-57(53)63/h1-43H. The Kier molecular flexibility index (Phi) is 9.25. The molecule has 326 valence electrons. The Hall–Kier alpha value is -9.24. The maximum atomic E-state index is 7.08. The van der Waals surface area contributed by atoms with Crippen molar-refractivity contribution in [3.05, 3.63) is 261 Å². The predicted octanol–water partition coefficient (Wildman–Crippen LogP) is 19.5. The SMILES string of the molecule is c1ccc(-c2cccc(-c3ccccc3N(c3ccc(-c4ccc5c6ccccc6c6ccccc6c5c4)cc3)c3ccc(-c4cc5ccccc5c5ccccc45)c4oc5ccccc5c34)c2)cc1. The van der Waals surface area contributed by atoms with E-state index in [0.29, 0.717) is 0 Å². The summed E-state index contributed by atoms with van der Waals surface area (Å²) in [4.78, 5) is 2.45.